The smallest absolute Gasteiger partial charge is 0.274 e. The molecule has 0 saturated carbocycles. The number of hydrogen-bond donors (Lipinski definition) is 1. The van der Waals surface area contributed by atoms with Gasteiger partial charge in [-0.05, 0) is 35.9 Å². The van der Waals surface area contributed by atoms with E-state index in [1.807, 2.05) is 24.3 Å². The number of nitro benzene ring substituents is 1. The number of hydrogen-bond acceptors (Lipinski definition) is 4. The van der Waals surface area contributed by atoms with Gasteiger partial charge >= 0.3 is 0 Å². The van der Waals surface area contributed by atoms with Crippen LogP contribution in [0.1, 0.15) is 15.9 Å². The normalized spacial score (nSPS) is 10.5. The number of carbonyl (C=O) groups excluding carboxylic acids is 1. The van der Waals surface area contributed by atoms with Crippen LogP contribution in [-0.4, -0.2) is 17.9 Å². The molecular weight excluding hydrogens is 320 g/mol. The van der Waals surface area contributed by atoms with Crippen molar-refractivity contribution < 1.29 is 14.5 Å². The van der Waals surface area contributed by atoms with Crippen molar-refractivity contribution in [1.29, 1.82) is 0 Å². The molecule has 6 nitrogen and oxygen atoms in total. The van der Waals surface area contributed by atoms with Crippen LogP contribution in [0.15, 0.2) is 54.6 Å². The van der Waals surface area contributed by atoms with Gasteiger partial charge in [0.25, 0.3) is 11.6 Å². The Labute approximate surface area is 144 Å². The van der Waals surface area contributed by atoms with Crippen molar-refractivity contribution in [3.05, 3.63) is 75.8 Å². The Bertz CT molecular complexity index is 982. The van der Waals surface area contributed by atoms with Gasteiger partial charge in [0.05, 0.1) is 28.8 Å². The number of nitrogens with zero attached hydrogens (tertiary/aromatic N) is 1. The highest BCUT2D eigenvalue weighted by Gasteiger charge is 2.18. The third-order valence-electron chi connectivity index (χ3n) is 4.06. The number of amides is 1. The molecule has 0 bridgehead atoms. The first-order valence-electron chi connectivity index (χ1n) is 7.63. The molecule has 0 aliphatic carbocycles. The lowest BCUT2D eigenvalue weighted by molar-refractivity contribution is -0.385. The van der Waals surface area contributed by atoms with E-state index in [-0.39, 0.29) is 11.6 Å². The van der Waals surface area contributed by atoms with E-state index < -0.39 is 4.92 Å². The predicted octanol–water partition coefficient (Wildman–Crippen LogP) is 4.32. The van der Waals surface area contributed by atoms with E-state index in [1.165, 1.54) is 13.2 Å². The molecule has 0 unspecified atom stereocenters. The van der Waals surface area contributed by atoms with Crippen LogP contribution in [-0.2, 0) is 0 Å². The number of rotatable bonds is 4. The third kappa shape index (κ3) is 3.14. The molecule has 126 valence electrons. The fraction of sp³-hybridized carbons (Fsp3) is 0.105. The van der Waals surface area contributed by atoms with Gasteiger partial charge < -0.3 is 10.1 Å². The van der Waals surface area contributed by atoms with Crippen molar-refractivity contribution >= 4 is 28.1 Å². The minimum absolute atomic E-state index is 0.0386. The summed E-state index contributed by atoms with van der Waals surface area (Å²) in [4.78, 5) is 23.3. The number of benzene rings is 3. The van der Waals surface area contributed by atoms with E-state index in [1.54, 1.807) is 31.2 Å². The first-order valence-corrected chi connectivity index (χ1v) is 7.63. The van der Waals surface area contributed by atoms with Crippen LogP contribution in [0.25, 0.3) is 10.8 Å². The van der Waals surface area contributed by atoms with E-state index >= 15 is 0 Å². The quantitative estimate of drug-likeness (QED) is 0.568. The van der Waals surface area contributed by atoms with Crippen molar-refractivity contribution in [2.75, 3.05) is 12.4 Å². The molecule has 1 amide bonds. The van der Waals surface area contributed by atoms with E-state index in [0.29, 0.717) is 22.6 Å². The lowest BCUT2D eigenvalue weighted by atomic mass is 10.0. The van der Waals surface area contributed by atoms with Gasteiger partial charge in [-0.1, -0.05) is 30.3 Å². The van der Waals surface area contributed by atoms with Crippen molar-refractivity contribution in [2.45, 2.75) is 6.92 Å². The summed E-state index contributed by atoms with van der Waals surface area (Å²) in [6.07, 6.45) is 0. The topological polar surface area (TPSA) is 81.5 Å². The van der Waals surface area contributed by atoms with Gasteiger partial charge in [-0.2, -0.15) is 0 Å². The van der Waals surface area contributed by atoms with Crippen LogP contribution in [0.4, 0.5) is 11.4 Å². The first kappa shape index (κ1) is 16.4. The van der Waals surface area contributed by atoms with E-state index in [2.05, 4.69) is 5.32 Å². The highest BCUT2D eigenvalue weighted by atomic mass is 16.6. The van der Waals surface area contributed by atoms with Gasteiger partial charge in [0.2, 0.25) is 0 Å². The molecule has 3 rings (SSSR count). The molecule has 3 aromatic carbocycles. The van der Waals surface area contributed by atoms with Crippen LogP contribution >= 0.6 is 0 Å². The summed E-state index contributed by atoms with van der Waals surface area (Å²) in [6.45, 7) is 1.60. The molecule has 0 aromatic heterocycles. The van der Waals surface area contributed by atoms with Crippen molar-refractivity contribution in [3.63, 3.8) is 0 Å². The molecule has 0 spiro atoms. The van der Waals surface area contributed by atoms with Crippen molar-refractivity contribution in [3.8, 4) is 5.75 Å². The average Bonchev–Trinajstić information content (AvgIpc) is 2.61. The van der Waals surface area contributed by atoms with Crippen molar-refractivity contribution in [1.82, 2.24) is 0 Å². The number of carbonyl (C=O) groups is 1. The summed E-state index contributed by atoms with van der Waals surface area (Å²) in [7, 11) is 1.50. The molecule has 0 aliphatic heterocycles. The second kappa shape index (κ2) is 6.60. The number of nitrogens with one attached hydrogen (secondary N) is 1. The van der Waals surface area contributed by atoms with Crippen LogP contribution in [0.3, 0.4) is 0 Å². The summed E-state index contributed by atoms with van der Waals surface area (Å²) in [5.41, 5.74) is 1.13. The summed E-state index contributed by atoms with van der Waals surface area (Å²) in [5.74, 6) is 0.0606. The molecule has 0 atom stereocenters. The Kier molecular flexibility index (Phi) is 4.35. The number of methoxy groups -OCH3 is 1. The van der Waals surface area contributed by atoms with E-state index in [4.69, 9.17) is 4.74 Å². The molecule has 0 saturated heterocycles. The maximum Gasteiger partial charge on any atom is 0.274 e. The minimum Gasteiger partial charge on any atom is -0.496 e. The highest BCUT2D eigenvalue weighted by Crippen LogP contribution is 2.29. The number of ether oxygens (including phenoxy) is 1. The van der Waals surface area contributed by atoms with Gasteiger partial charge in [-0.15, -0.1) is 0 Å². The summed E-state index contributed by atoms with van der Waals surface area (Å²) < 4.78 is 5.34. The third-order valence-corrected chi connectivity index (χ3v) is 4.06. The Hall–Kier alpha value is -3.41. The molecule has 0 radical (unpaired) electrons. The summed E-state index contributed by atoms with van der Waals surface area (Å²) in [6, 6.07) is 15.8. The van der Waals surface area contributed by atoms with Crippen LogP contribution < -0.4 is 10.1 Å². The van der Waals surface area contributed by atoms with E-state index in [9.17, 15) is 14.9 Å². The number of fused-ring (bicyclic) bond motifs is 1. The Morgan fingerprint density at radius 2 is 1.76 bits per heavy atom. The largest absolute Gasteiger partial charge is 0.496 e. The fourth-order valence-electron chi connectivity index (χ4n) is 2.71. The molecule has 1 N–H and O–H groups in total. The van der Waals surface area contributed by atoms with Gasteiger partial charge in [0.1, 0.15) is 5.75 Å². The maximum atomic E-state index is 12.7. The lowest BCUT2D eigenvalue weighted by Gasteiger charge is -2.12. The second-order valence-corrected chi connectivity index (χ2v) is 5.56. The van der Waals surface area contributed by atoms with Crippen LogP contribution in [0, 0.1) is 17.0 Å². The number of anilines is 1. The standard InChI is InChI=1S/C19H16N2O4/c1-12-16(8-5-9-17(12)21(23)24)20-19(22)15-10-13-6-3-4-7-14(13)11-18(15)25-2/h3-11H,1-2H3,(H,20,22). The zero-order chi connectivity index (χ0) is 18.0. The van der Waals surface area contributed by atoms with Gasteiger partial charge in [-0.3, -0.25) is 14.9 Å². The van der Waals surface area contributed by atoms with Crippen molar-refractivity contribution in [2.24, 2.45) is 0 Å². The molecule has 3 aromatic rings. The van der Waals surface area contributed by atoms with Gasteiger partial charge in [0, 0.05) is 6.07 Å². The van der Waals surface area contributed by atoms with Crippen LogP contribution in [0.2, 0.25) is 0 Å². The molecule has 0 aliphatic rings. The molecule has 0 fully saturated rings. The van der Waals surface area contributed by atoms with Gasteiger partial charge in [-0.25, -0.2) is 0 Å². The summed E-state index contributed by atoms with van der Waals surface area (Å²) in [5, 5.41) is 15.7. The average molecular weight is 336 g/mol. The minimum atomic E-state index is -0.471. The zero-order valence-electron chi connectivity index (χ0n) is 13.8. The monoisotopic (exact) mass is 336 g/mol. The second-order valence-electron chi connectivity index (χ2n) is 5.56. The molecule has 25 heavy (non-hydrogen) atoms. The van der Waals surface area contributed by atoms with E-state index in [0.717, 1.165) is 10.8 Å². The first-order chi connectivity index (χ1) is 12.0. The summed E-state index contributed by atoms with van der Waals surface area (Å²) >= 11 is 0. The maximum absolute atomic E-state index is 12.7. The molecule has 0 heterocycles. The highest BCUT2D eigenvalue weighted by molar-refractivity contribution is 6.09. The fourth-order valence-corrected chi connectivity index (χ4v) is 2.71. The lowest BCUT2D eigenvalue weighted by Crippen LogP contribution is -2.14. The van der Waals surface area contributed by atoms with Gasteiger partial charge in [0.15, 0.2) is 0 Å². The predicted molar refractivity (Wildman–Crippen MR) is 96.3 cm³/mol. The Morgan fingerprint density at radius 1 is 1.08 bits per heavy atom. The molecule has 6 heteroatoms. The molecular formula is C19H16N2O4. The number of nitro groups is 1. The SMILES string of the molecule is COc1cc2ccccc2cc1C(=O)Nc1cccc([N+](=O)[O-])c1C. The van der Waals surface area contributed by atoms with Crippen LogP contribution in [0.5, 0.6) is 5.75 Å². The Balaban J connectivity index is 2.00. The zero-order valence-corrected chi connectivity index (χ0v) is 13.8. The Morgan fingerprint density at radius 3 is 2.40 bits per heavy atom.